The quantitative estimate of drug-likeness (QED) is 0.750. The van der Waals surface area contributed by atoms with Gasteiger partial charge in [0, 0.05) is 12.1 Å². The van der Waals surface area contributed by atoms with Gasteiger partial charge < -0.3 is 5.32 Å². The molecule has 1 rings (SSSR count). The molecule has 0 aliphatic rings. The van der Waals surface area contributed by atoms with Crippen LogP contribution in [0.5, 0.6) is 0 Å². The molecule has 1 aromatic rings. The van der Waals surface area contributed by atoms with Crippen molar-refractivity contribution in [1.29, 1.82) is 0 Å². The van der Waals surface area contributed by atoms with Crippen LogP contribution in [0.25, 0.3) is 0 Å². The summed E-state index contributed by atoms with van der Waals surface area (Å²) in [6, 6.07) is 3.88. The fraction of sp³-hybridized carbons (Fsp3) is 0.429. The van der Waals surface area contributed by atoms with E-state index in [1.54, 1.807) is 0 Å². The zero-order valence-corrected chi connectivity index (χ0v) is 10.4. The lowest BCUT2D eigenvalue weighted by atomic mass is 10.00. The summed E-state index contributed by atoms with van der Waals surface area (Å²) in [5.41, 5.74) is 1.80. The highest BCUT2D eigenvalue weighted by molar-refractivity contribution is 5.19. The number of nitrogens with one attached hydrogen (secondary N) is 1. The molecule has 1 atom stereocenters. The number of likely N-dealkylation sites (N-methyl/N-ethyl adjacent to an activating group) is 1. The topological polar surface area (TPSA) is 12.0 Å². The summed E-state index contributed by atoms with van der Waals surface area (Å²) < 4.78 is 26.0. The van der Waals surface area contributed by atoms with Crippen molar-refractivity contribution in [2.75, 3.05) is 7.05 Å². The van der Waals surface area contributed by atoms with Crippen LogP contribution in [-0.2, 0) is 6.42 Å². The SMILES string of the molecule is C=C(C)CCC(Cc1cc(F)cc(F)c1)NC. The Morgan fingerprint density at radius 1 is 1.29 bits per heavy atom. The van der Waals surface area contributed by atoms with E-state index in [4.69, 9.17) is 0 Å². The van der Waals surface area contributed by atoms with Crippen LogP contribution in [0.1, 0.15) is 25.3 Å². The van der Waals surface area contributed by atoms with Gasteiger partial charge >= 0.3 is 0 Å². The van der Waals surface area contributed by atoms with Crippen molar-refractivity contribution in [1.82, 2.24) is 5.32 Å². The van der Waals surface area contributed by atoms with Crippen molar-refractivity contribution in [2.45, 2.75) is 32.2 Å². The molecule has 0 aliphatic carbocycles. The third-order valence-corrected chi connectivity index (χ3v) is 2.73. The van der Waals surface area contributed by atoms with Crippen molar-refractivity contribution >= 4 is 0 Å². The summed E-state index contributed by atoms with van der Waals surface area (Å²) in [5, 5.41) is 3.16. The molecule has 0 bridgehead atoms. The number of rotatable bonds is 6. The van der Waals surface area contributed by atoms with E-state index in [9.17, 15) is 8.78 Å². The molecule has 0 fully saturated rings. The minimum Gasteiger partial charge on any atom is -0.317 e. The molecule has 1 nitrogen and oxygen atoms in total. The molecule has 17 heavy (non-hydrogen) atoms. The van der Waals surface area contributed by atoms with Gasteiger partial charge in [0.2, 0.25) is 0 Å². The average Bonchev–Trinajstić information content (AvgIpc) is 2.22. The molecule has 1 N–H and O–H groups in total. The molecule has 0 spiro atoms. The average molecular weight is 239 g/mol. The molecule has 1 unspecified atom stereocenters. The van der Waals surface area contributed by atoms with Crippen LogP contribution in [0.15, 0.2) is 30.4 Å². The monoisotopic (exact) mass is 239 g/mol. The highest BCUT2D eigenvalue weighted by atomic mass is 19.1. The summed E-state index contributed by atoms with van der Waals surface area (Å²) in [6.45, 7) is 5.83. The Kier molecular flexibility index (Phi) is 5.29. The maximum absolute atomic E-state index is 13.0. The Balaban J connectivity index is 2.63. The first-order valence-corrected chi connectivity index (χ1v) is 5.78. The van der Waals surface area contributed by atoms with Gasteiger partial charge in [-0.05, 0) is 50.9 Å². The Labute approximate surface area is 102 Å². The smallest absolute Gasteiger partial charge is 0.126 e. The fourth-order valence-corrected chi connectivity index (χ4v) is 1.78. The third kappa shape index (κ3) is 5.09. The van der Waals surface area contributed by atoms with Gasteiger partial charge in [0.1, 0.15) is 11.6 Å². The number of benzene rings is 1. The van der Waals surface area contributed by atoms with Crippen molar-refractivity contribution < 1.29 is 8.78 Å². The van der Waals surface area contributed by atoms with Crippen molar-refractivity contribution in [3.63, 3.8) is 0 Å². The van der Waals surface area contributed by atoms with E-state index in [1.165, 1.54) is 12.1 Å². The predicted octanol–water partition coefficient (Wildman–Crippen LogP) is 3.45. The molecule has 0 saturated heterocycles. The number of hydrogen-bond acceptors (Lipinski definition) is 1. The molecule has 0 heterocycles. The lowest BCUT2D eigenvalue weighted by Crippen LogP contribution is -2.27. The van der Waals surface area contributed by atoms with Gasteiger partial charge in [-0.2, -0.15) is 0 Å². The molecule has 0 amide bonds. The minimum atomic E-state index is -0.519. The summed E-state index contributed by atoms with van der Waals surface area (Å²) in [7, 11) is 1.86. The van der Waals surface area contributed by atoms with Crippen LogP contribution in [0.3, 0.4) is 0 Å². The van der Waals surface area contributed by atoms with Gasteiger partial charge in [0.15, 0.2) is 0 Å². The van der Waals surface area contributed by atoms with Gasteiger partial charge in [-0.15, -0.1) is 6.58 Å². The maximum atomic E-state index is 13.0. The Morgan fingerprint density at radius 3 is 2.35 bits per heavy atom. The first-order chi connectivity index (χ1) is 8.01. The lowest BCUT2D eigenvalue weighted by Gasteiger charge is -2.16. The molecule has 0 saturated carbocycles. The van der Waals surface area contributed by atoms with Crippen molar-refractivity contribution in [3.8, 4) is 0 Å². The van der Waals surface area contributed by atoms with Crippen molar-refractivity contribution in [2.24, 2.45) is 0 Å². The summed E-state index contributed by atoms with van der Waals surface area (Å²) in [4.78, 5) is 0. The molecule has 94 valence electrons. The number of halogens is 2. The van der Waals surface area contributed by atoms with Gasteiger partial charge in [-0.3, -0.25) is 0 Å². The van der Waals surface area contributed by atoms with Crippen LogP contribution in [-0.4, -0.2) is 13.1 Å². The molecule has 0 radical (unpaired) electrons. The highest BCUT2D eigenvalue weighted by Gasteiger charge is 2.09. The van der Waals surface area contributed by atoms with Gasteiger partial charge in [-0.25, -0.2) is 8.78 Å². The van der Waals surface area contributed by atoms with Gasteiger partial charge in [0.25, 0.3) is 0 Å². The minimum absolute atomic E-state index is 0.216. The second kappa shape index (κ2) is 6.50. The lowest BCUT2D eigenvalue weighted by molar-refractivity contribution is 0.513. The Morgan fingerprint density at radius 2 is 1.88 bits per heavy atom. The second-order valence-electron chi connectivity index (χ2n) is 4.46. The highest BCUT2D eigenvalue weighted by Crippen LogP contribution is 2.13. The molecule has 0 aliphatic heterocycles. The van der Waals surface area contributed by atoms with E-state index < -0.39 is 11.6 Å². The van der Waals surface area contributed by atoms with Crippen LogP contribution < -0.4 is 5.32 Å². The third-order valence-electron chi connectivity index (χ3n) is 2.73. The maximum Gasteiger partial charge on any atom is 0.126 e. The summed E-state index contributed by atoms with van der Waals surface area (Å²) >= 11 is 0. The van der Waals surface area contributed by atoms with Crippen LogP contribution in [0.4, 0.5) is 8.78 Å². The number of allylic oxidation sites excluding steroid dienone is 1. The van der Waals surface area contributed by atoms with Crippen molar-refractivity contribution in [3.05, 3.63) is 47.5 Å². The zero-order chi connectivity index (χ0) is 12.8. The van der Waals surface area contributed by atoms with E-state index >= 15 is 0 Å². The normalized spacial score (nSPS) is 12.5. The van der Waals surface area contributed by atoms with E-state index in [0.717, 1.165) is 24.5 Å². The van der Waals surface area contributed by atoms with Crippen LogP contribution in [0.2, 0.25) is 0 Å². The Hall–Kier alpha value is -1.22. The van der Waals surface area contributed by atoms with Crippen LogP contribution in [0, 0.1) is 11.6 Å². The van der Waals surface area contributed by atoms with Crippen LogP contribution >= 0.6 is 0 Å². The molecule has 1 aromatic carbocycles. The van der Waals surface area contributed by atoms with E-state index in [0.29, 0.717) is 12.0 Å². The predicted molar refractivity (Wildman–Crippen MR) is 67.0 cm³/mol. The first-order valence-electron chi connectivity index (χ1n) is 5.78. The molecule has 0 aromatic heterocycles. The van der Waals surface area contributed by atoms with E-state index in [-0.39, 0.29) is 6.04 Å². The Bertz CT molecular complexity index is 368. The largest absolute Gasteiger partial charge is 0.317 e. The fourth-order valence-electron chi connectivity index (χ4n) is 1.78. The summed E-state index contributed by atoms with van der Waals surface area (Å²) in [5.74, 6) is -1.04. The van der Waals surface area contributed by atoms with E-state index in [2.05, 4.69) is 11.9 Å². The standard InChI is InChI=1S/C14H19F2N/c1-10(2)4-5-14(17-3)8-11-6-12(15)9-13(16)7-11/h6-7,9,14,17H,1,4-5,8H2,2-3H3. The molecule has 3 heteroatoms. The molecular weight excluding hydrogens is 220 g/mol. The number of hydrogen-bond donors (Lipinski definition) is 1. The second-order valence-corrected chi connectivity index (χ2v) is 4.46. The molecular formula is C14H19F2N. The van der Waals surface area contributed by atoms with Gasteiger partial charge in [-0.1, -0.05) is 5.57 Å². The summed E-state index contributed by atoms with van der Waals surface area (Å²) in [6.07, 6.45) is 2.46. The van der Waals surface area contributed by atoms with Gasteiger partial charge in [0.05, 0.1) is 0 Å². The first kappa shape index (κ1) is 13.8. The van der Waals surface area contributed by atoms with E-state index in [1.807, 2.05) is 14.0 Å². The zero-order valence-electron chi connectivity index (χ0n) is 10.4.